The van der Waals surface area contributed by atoms with Crippen molar-refractivity contribution in [1.82, 2.24) is 9.97 Å². The van der Waals surface area contributed by atoms with E-state index in [1.807, 2.05) is 0 Å². The standard InChI is InChI=1S/C14H26N4/c1-7-15-13-12(11(4)5)14(17-9-16-13)18(6)8-10(2)3/h9-11H,7-8H2,1-6H3,(H,15,16,17). The van der Waals surface area contributed by atoms with Crippen LogP contribution in [-0.2, 0) is 0 Å². The van der Waals surface area contributed by atoms with Gasteiger partial charge in [-0.3, -0.25) is 0 Å². The van der Waals surface area contributed by atoms with Gasteiger partial charge in [0.2, 0.25) is 0 Å². The molecule has 4 nitrogen and oxygen atoms in total. The maximum atomic E-state index is 4.47. The van der Waals surface area contributed by atoms with E-state index in [9.17, 15) is 0 Å². The van der Waals surface area contributed by atoms with Crippen LogP contribution in [0.3, 0.4) is 0 Å². The van der Waals surface area contributed by atoms with E-state index in [-0.39, 0.29) is 0 Å². The number of nitrogens with zero attached hydrogens (tertiary/aromatic N) is 3. The molecule has 0 amide bonds. The van der Waals surface area contributed by atoms with E-state index in [0.717, 1.165) is 24.7 Å². The molecule has 0 bridgehead atoms. The van der Waals surface area contributed by atoms with Crippen LogP contribution < -0.4 is 10.2 Å². The van der Waals surface area contributed by atoms with Gasteiger partial charge >= 0.3 is 0 Å². The summed E-state index contributed by atoms with van der Waals surface area (Å²) < 4.78 is 0. The molecule has 1 aromatic rings. The molecule has 102 valence electrons. The third-order valence-electron chi connectivity index (χ3n) is 2.79. The van der Waals surface area contributed by atoms with Gasteiger partial charge < -0.3 is 10.2 Å². The van der Waals surface area contributed by atoms with Crippen molar-refractivity contribution in [3.05, 3.63) is 11.9 Å². The van der Waals surface area contributed by atoms with E-state index < -0.39 is 0 Å². The predicted octanol–water partition coefficient (Wildman–Crippen LogP) is 3.12. The molecule has 0 spiro atoms. The first-order chi connectivity index (χ1) is 8.47. The minimum Gasteiger partial charge on any atom is -0.370 e. The van der Waals surface area contributed by atoms with Gasteiger partial charge in [0.1, 0.15) is 18.0 Å². The van der Waals surface area contributed by atoms with Crippen LogP contribution in [0.1, 0.15) is 46.1 Å². The van der Waals surface area contributed by atoms with Gasteiger partial charge in [-0.1, -0.05) is 27.7 Å². The summed E-state index contributed by atoms with van der Waals surface area (Å²) in [7, 11) is 2.10. The minimum atomic E-state index is 0.407. The zero-order chi connectivity index (χ0) is 13.7. The second kappa shape index (κ2) is 6.57. The molecule has 0 aliphatic rings. The summed E-state index contributed by atoms with van der Waals surface area (Å²) >= 11 is 0. The minimum absolute atomic E-state index is 0.407. The van der Waals surface area contributed by atoms with Gasteiger partial charge in [-0.15, -0.1) is 0 Å². The van der Waals surface area contributed by atoms with E-state index in [4.69, 9.17) is 0 Å². The molecule has 0 radical (unpaired) electrons. The fraction of sp³-hybridized carbons (Fsp3) is 0.714. The number of hydrogen-bond acceptors (Lipinski definition) is 4. The highest BCUT2D eigenvalue weighted by molar-refractivity contribution is 5.60. The van der Waals surface area contributed by atoms with Gasteiger partial charge in [0.15, 0.2) is 0 Å². The molecule has 0 fully saturated rings. The van der Waals surface area contributed by atoms with Gasteiger partial charge in [-0.25, -0.2) is 9.97 Å². The summed E-state index contributed by atoms with van der Waals surface area (Å²) in [5, 5.41) is 3.33. The lowest BCUT2D eigenvalue weighted by atomic mass is 10.0. The second-order valence-corrected chi connectivity index (χ2v) is 5.42. The topological polar surface area (TPSA) is 41.1 Å². The average molecular weight is 250 g/mol. The van der Waals surface area contributed by atoms with Crippen LogP contribution in [0.25, 0.3) is 0 Å². The number of rotatable bonds is 6. The Hall–Kier alpha value is -1.32. The Bertz CT molecular complexity index is 374. The van der Waals surface area contributed by atoms with Crippen molar-refractivity contribution in [3.8, 4) is 0 Å². The summed E-state index contributed by atoms with van der Waals surface area (Å²) in [5.41, 5.74) is 1.21. The van der Waals surface area contributed by atoms with Crippen LogP contribution in [0, 0.1) is 5.92 Å². The summed E-state index contributed by atoms with van der Waals surface area (Å²) in [4.78, 5) is 11.1. The number of hydrogen-bond donors (Lipinski definition) is 1. The number of nitrogens with one attached hydrogen (secondary N) is 1. The summed E-state index contributed by atoms with van der Waals surface area (Å²) in [6.07, 6.45) is 1.65. The maximum absolute atomic E-state index is 4.47. The average Bonchev–Trinajstić information content (AvgIpc) is 2.27. The fourth-order valence-corrected chi connectivity index (χ4v) is 2.16. The Kier molecular flexibility index (Phi) is 5.38. The molecule has 0 saturated carbocycles. The van der Waals surface area contributed by atoms with Gasteiger partial charge in [0.05, 0.1) is 0 Å². The molecular formula is C14H26N4. The molecule has 4 heteroatoms. The monoisotopic (exact) mass is 250 g/mol. The van der Waals surface area contributed by atoms with E-state index in [1.165, 1.54) is 5.56 Å². The molecule has 0 saturated heterocycles. The van der Waals surface area contributed by atoms with Crippen LogP contribution in [0.2, 0.25) is 0 Å². The first-order valence-electron chi connectivity index (χ1n) is 6.77. The van der Waals surface area contributed by atoms with E-state index in [0.29, 0.717) is 11.8 Å². The normalized spacial score (nSPS) is 11.1. The van der Waals surface area contributed by atoms with Crippen molar-refractivity contribution in [2.75, 3.05) is 30.4 Å². The first kappa shape index (κ1) is 14.7. The van der Waals surface area contributed by atoms with Crippen molar-refractivity contribution in [3.63, 3.8) is 0 Å². The third-order valence-corrected chi connectivity index (χ3v) is 2.79. The highest BCUT2D eigenvalue weighted by Crippen LogP contribution is 2.30. The molecule has 0 atom stereocenters. The number of anilines is 2. The van der Waals surface area contributed by atoms with Crippen LogP contribution in [0.5, 0.6) is 0 Å². The molecule has 0 aromatic carbocycles. The van der Waals surface area contributed by atoms with Crippen LogP contribution in [0.4, 0.5) is 11.6 Å². The van der Waals surface area contributed by atoms with E-state index in [1.54, 1.807) is 6.33 Å². The van der Waals surface area contributed by atoms with Crippen molar-refractivity contribution in [2.24, 2.45) is 5.92 Å². The Morgan fingerprint density at radius 3 is 2.39 bits per heavy atom. The Morgan fingerprint density at radius 1 is 1.22 bits per heavy atom. The molecule has 0 aliphatic carbocycles. The van der Waals surface area contributed by atoms with Crippen molar-refractivity contribution >= 4 is 11.6 Å². The smallest absolute Gasteiger partial charge is 0.137 e. The molecule has 1 rings (SSSR count). The van der Waals surface area contributed by atoms with Crippen molar-refractivity contribution in [1.29, 1.82) is 0 Å². The third kappa shape index (κ3) is 3.59. The lowest BCUT2D eigenvalue weighted by Crippen LogP contribution is -2.25. The zero-order valence-electron chi connectivity index (χ0n) is 12.5. The van der Waals surface area contributed by atoms with Gasteiger partial charge in [-0.2, -0.15) is 0 Å². The summed E-state index contributed by atoms with van der Waals surface area (Å²) in [6, 6.07) is 0. The predicted molar refractivity (Wildman–Crippen MR) is 78.4 cm³/mol. The highest BCUT2D eigenvalue weighted by Gasteiger charge is 2.17. The molecular weight excluding hydrogens is 224 g/mol. The van der Waals surface area contributed by atoms with Gasteiger partial charge in [0.25, 0.3) is 0 Å². The first-order valence-corrected chi connectivity index (χ1v) is 6.77. The quantitative estimate of drug-likeness (QED) is 0.842. The van der Waals surface area contributed by atoms with E-state index in [2.05, 4.69) is 61.9 Å². The van der Waals surface area contributed by atoms with Crippen molar-refractivity contribution < 1.29 is 0 Å². The van der Waals surface area contributed by atoms with Gasteiger partial charge in [0, 0.05) is 25.7 Å². The summed E-state index contributed by atoms with van der Waals surface area (Å²) in [6.45, 7) is 12.8. The molecule has 0 aliphatic heterocycles. The molecule has 1 aromatic heterocycles. The van der Waals surface area contributed by atoms with Crippen LogP contribution in [0.15, 0.2) is 6.33 Å². The molecule has 0 unspecified atom stereocenters. The Morgan fingerprint density at radius 2 is 1.89 bits per heavy atom. The zero-order valence-corrected chi connectivity index (χ0v) is 12.5. The lowest BCUT2D eigenvalue weighted by Gasteiger charge is -2.25. The summed E-state index contributed by atoms with van der Waals surface area (Å²) in [5.74, 6) is 3.04. The maximum Gasteiger partial charge on any atom is 0.137 e. The molecule has 1 heterocycles. The van der Waals surface area contributed by atoms with Crippen LogP contribution in [-0.4, -0.2) is 30.1 Å². The van der Waals surface area contributed by atoms with E-state index >= 15 is 0 Å². The number of aromatic nitrogens is 2. The Balaban J connectivity index is 3.13. The Labute approximate surface area is 111 Å². The van der Waals surface area contributed by atoms with Crippen molar-refractivity contribution in [2.45, 2.75) is 40.5 Å². The largest absolute Gasteiger partial charge is 0.370 e. The highest BCUT2D eigenvalue weighted by atomic mass is 15.2. The molecule has 1 N–H and O–H groups in total. The van der Waals surface area contributed by atoms with Crippen LogP contribution >= 0.6 is 0 Å². The van der Waals surface area contributed by atoms with Gasteiger partial charge in [-0.05, 0) is 18.8 Å². The fourth-order valence-electron chi connectivity index (χ4n) is 2.16. The SMILES string of the molecule is CCNc1ncnc(N(C)CC(C)C)c1C(C)C. The second-order valence-electron chi connectivity index (χ2n) is 5.42. The lowest BCUT2D eigenvalue weighted by molar-refractivity contribution is 0.630. The molecule has 18 heavy (non-hydrogen) atoms.